The van der Waals surface area contributed by atoms with Crippen molar-refractivity contribution in [2.24, 2.45) is 0 Å². The molecular formula is C13H13Cl2N3O2. The summed E-state index contributed by atoms with van der Waals surface area (Å²) < 4.78 is 5.37. The van der Waals surface area contributed by atoms with Crippen molar-refractivity contribution in [2.45, 2.75) is 20.4 Å². The lowest BCUT2D eigenvalue weighted by atomic mass is 10.2. The van der Waals surface area contributed by atoms with Gasteiger partial charge in [0.1, 0.15) is 5.76 Å². The van der Waals surface area contributed by atoms with E-state index in [-0.39, 0.29) is 28.2 Å². The van der Waals surface area contributed by atoms with Crippen molar-refractivity contribution in [1.29, 1.82) is 0 Å². The van der Waals surface area contributed by atoms with Gasteiger partial charge in [0, 0.05) is 5.56 Å². The lowest BCUT2D eigenvalue weighted by molar-refractivity contribution is 0.0947. The van der Waals surface area contributed by atoms with Gasteiger partial charge < -0.3 is 15.5 Å². The molecule has 106 valence electrons. The Morgan fingerprint density at radius 1 is 1.40 bits per heavy atom. The van der Waals surface area contributed by atoms with Crippen LogP contribution in [-0.2, 0) is 6.54 Å². The van der Waals surface area contributed by atoms with Crippen LogP contribution in [0.15, 0.2) is 16.5 Å². The molecule has 0 bridgehead atoms. The number of oxazole rings is 1. The van der Waals surface area contributed by atoms with Crippen molar-refractivity contribution in [3.05, 3.63) is 45.1 Å². The molecule has 0 fully saturated rings. The highest BCUT2D eigenvalue weighted by Gasteiger charge is 2.12. The minimum absolute atomic E-state index is 0.188. The zero-order valence-electron chi connectivity index (χ0n) is 11.0. The number of halogens is 2. The van der Waals surface area contributed by atoms with E-state index in [1.807, 2.05) is 13.8 Å². The topological polar surface area (TPSA) is 81.2 Å². The Bertz CT molecular complexity index is 625. The molecule has 1 aromatic heterocycles. The minimum atomic E-state index is -0.330. The van der Waals surface area contributed by atoms with Crippen LogP contribution in [0.25, 0.3) is 0 Å². The number of nitrogens with one attached hydrogen (secondary N) is 1. The molecule has 2 rings (SSSR count). The summed E-state index contributed by atoms with van der Waals surface area (Å²) in [5.74, 6) is 0.846. The number of aryl methyl sites for hydroxylation is 2. The SMILES string of the molecule is Cc1nc(CNC(=O)c2cc(N)c(Cl)c(Cl)c2)oc1C. The lowest BCUT2D eigenvalue weighted by Gasteiger charge is -2.06. The highest BCUT2D eigenvalue weighted by atomic mass is 35.5. The second-order valence-corrected chi connectivity index (χ2v) is 5.08. The summed E-state index contributed by atoms with van der Waals surface area (Å²) in [5.41, 5.74) is 7.05. The number of amides is 1. The van der Waals surface area contributed by atoms with Crippen molar-refractivity contribution in [2.75, 3.05) is 5.73 Å². The van der Waals surface area contributed by atoms with Crippen LogP contribution >= 0.6 is 23.2 Å². The molecule has 0 saturated carbocycles. The zero-order chi connectivity index (χ0) is 14.9. The molecule has 3 N–H and O–H groups in total. The Kier molecular flexibility index (Phi) is 4.20. The molecule has 0 aliphatic rings. The van der Waals surface area contributed by atoms with E-state index in [9.17, 15) is 4.79 Å². The Morgan fingerprint density at radius 2 is 2.10 bits per heavy atom. The zero-order valence-corrected chi connectivity index (χ0v) is 12.5. The van der Waals surface area contributed by atoms with E-state index in [0.29, 0.717) is 11.5 Å². The second-order valence-electron chi connectivity index (χ2n) is 4.29. The quantitative estimate of drug-likeness (QED) is 0.853. The number of anilines is 1. The maximum Gasteiger partial charge on any atom is 0.251 e. The number of hydrogen-bond donors (Lipinski definition) is 2. The van der Waals surface area contributed by atoms with Crippen molar-refractivity contribution in [1.82, 2.24) is 10.3 Å². The Hall–Kier alpha value is -1.72. The molecule has 1 amide bonds. The molecule has 1 aromatic carbocycles. The molecular weight excluding hydrogens is 301 g/mol. The number of nitrogen functional groups attached to an aromatic ring is 1. The average molecular weight is 314 g/mol. The first-order valence-electron chi connectivity index (χ1n) is 5.84. The smallest absolute Gasteiger partial charge is 0.251 e. The van der Waals surface area contributed by atoms with Crippen molar-refractivity contribution >= 4 is 34.8 Å². The summed E-state index contributed by atoms with van der Waals surface area (Å²) in [4.78, 5) is 16.2. The number of nitrogens with zero attached hydrogens (tertiary/aromatic N) is 1. The molecule has 7 heteroatoms. The van der Waals surface area contributed by atoms with Gasteiger partial charge in [-0.25, -0.2) is 4.98 Å². The summed E-state index contributed by atoms with van der Waals surface area (Å²) >= 11 is 11.7. The molecule has 0 aliphatic heterocycles. The Labute approximate surface area is 126 Å². The van der Waals surface area contributed by atoms with Crippen LogP contribution in [0.3, 0.4) is 0 Å². The summed E-state index contributed by atoms with van der Waals surface area (Å²) in [6.45, 7) is 3.84. The predicted molar refractivity (Wildman–Crippen MR) is 78.0 cm³/mol. The molecule has 0 atom stereocenters. The summed E-state index contributed by atoms with van der Waals surface area (Å²) in [6, 6.07) is 2.93. The van der Waals surface area contributed by atoms with E-state index in [4.69, 9.17) is 33.4 Å². The van der Waals surface area contributed by atoms with Crippen LogP contribution in [0, 0.1) is 13.8 Å². The fraction of sp³-hybridized carbons (Fsp3) is 0.231. The predicted octanol–water partition coefficient (Wildman–Crippen LogP) is 3.11. The van der Waals surface area contributed by atoms with Gasteiger partial charge in [0.25, 0.3) is 5.91 Å². The van der Waals surface area contributed by atoms with Gasteiger partial charge in [0.2, 0.25) is 5.89 Å². The summed E-state index contributed by atoms with van der Waals surface area (Å²) in [6.07, 6.45) is 0. The van der Waals surface area contributed by atoms with Crippen molar-refractivity contribution in [3.63, 3.8) is 0 Å². The maximum atomic E-state index is 12.0. The molecule has 5 nitrogen and oxygen atoms in total. The Balaban J connectivity index is 2.09. The van der Waals surface area contributed by atoms with Gasteiger partial charge in [-0.2, -0.15) is 0 Å². The lowest BCUT2D eigenvalue weighted by Crippen LogP contribution is -2.23. The fourth-order valence-electron chi connectivity index (χ4n) is 1.61. The molecule has 2 aromatic rings. The first kappa shape index (κ1) is 14.7. The van der Waals surface area contributed by atoms with E-state index in [2.05, 4.69) is 10.3 Å². The standard InChI is InChI=1S/C13H13Cl2N3O2/c1-6-7(2)20-11(18-6)5-17-13(19)8-3-9(14)12(15)10(16)4-8/h3-4H,5,16H2,1-2H3,(H,17,19). The van der Waals surface area contributed by atoms with Crippen LogP contribution in [0.4, 0.5) is 5.69 Å². The highest BCUT2D eigenvalue weighted by molar-refractivity contribution is 6.43. The number of hydrogen-bond acceptors (Lipinski definition) is 4. The van der Waals surface area contributed by atoms with E-state index >= 15 is 0 Å². The fourth-order valence-corrected chi connectivity index (χ4v) is 1.95. The third kappa shape index (κ3) is 3.05. The molecule has 0 unspecified atom stereocenters. The van der Waals surface area contributed by atoms with Gasteiger partial charge in [0.05, 0.1) is 28.0 Å². The van der Waals surface area contributed by atoms with E-state index in [0.717, 1.165) is 11.5 Å². The molecule has 0 aliphatic carbocycles. The summed E-state index contributed by atoms with van der Waals surface area (Å²) in [5, 5.41) is 3.15. The van der Waals surface area contributed by atoms with Crippen molar-refractivity contribution in [3.8, 4) is 0 Å². The monoisotopic (exact) mass is 313 g/mol. The van der Waals surface area contributed by atoms with E-state index < -0.39 is 0 Å². The first-order chi connectivity index (χ1) is 9.38. The number of carbonyl (C=O) groups is 1. The normalized spacial score (nSPS) is 10.6. The largest absolute Gasteiger partial charge is 0.444 e. The van der Waals surface area contributed by atoms with Gasteiger partial charge >= 0.3 is 0 Å². The van der Waals surface area contributed by atoms with Crippen LogP contribution < -0.4 is 11.1 Å². The van der Waals surface area contributed by atoms with Gasteiger partial charge in [0.15, 0.2) is 0 Å². The minimum Gasteiger partial charge on any atom is -0.444 e. The van der Waals surface area contributed by atoms with Gasteiger partial charge in [-0.1, -0.05) is 23.2 Å². The highest BCUT2D eigenvalue weighted by Crippen LogP contribution is 2.29. The van der Waals surface area contributed by atoms with Gasteiger partial charge in [-0.05, 0) is 26.0 Å². The molecule has 0 saturated heterocycles. The molecule has 20 heavy (non-hydrogen) atoms. The molecule has 1 heterocycles. The van der Waals surface area contributed by atoms with Gasteiger partial charge in [-0.3, -0.25) is 4.79 Å². The second kappa shape index (κ2) is 5.73. The first-order valence-corrected chi connectivity index (χ1v) is 6.59. The number of nitrogens with two attached hydrogens (primary N) is 1. The molecule has 0 spiro atoms. The van der Waals surface area contributed by atoms with E-state index in [1.54, 1.807) is 0 Å². The average Bonchev–Trinajstić information content (AvgIpc) is 2.72. The number of carbonyl (C=O) groups excluding carboxylic acids is 1. The maximum absolute atomic E-state index is 12.0. The van der Waals surface area contributed by atoms with Crippen LogP contribution in [0.5, 0.6) is 0 Å². The number of aromatic nitrogens is 1. The Morgan fingerprint density at radius 3 is 2.65 bits per heavy atom. The van der Waals surface area contributed by atoms with Crippen molar-refractivity contribution < 1.29 is 9.21 Å². The number of rotatable bonds is 3. The third-order valence-electron chi connectivity index (χ3n) is 2.79. The van der Waals surface area contributed by atoms with E-state index in [1.165, 1.54) is 12.1 Å². The van der Waals surface area contributed by atoms with Crippen LogP contribution in [-0.4, -0.2) is 10.9 Å². The number of benzene rings is 1. The third-order valence-corrected chi connectivity index (χ3v) is 3.61. The van der Waals surface area contributed by atoms with Gasteiger partial charge in [-0.15, -0.1) is 0 Å². The molecule has 0 radical (unpaired) electrons. The van der Waals surface area contributed by atoms with Crippen LogP contribution in [0.1, 0.15) is 27.7 Å². The summed E-state index contributed by atoms with van der Waals surface area (Å²) in [7, 11) is 0. The van der Waals surface area contributed by atoms with Crippen LogP contribution in [0.2, 0.25) is 10.0 Å².